The first-order valence-electron chi connectivity index (χ1n) is 8.17. The van der Waals surface area contributed by atoms with E-state index in [0.29, 0.717) is 23.1 Å². The van der Waals surface area contributed by atoms with Crippen molar-refractivity contribution in [3.63, 3.8) is 0 Å². The highest BCUT2D eigenvalue weighted by molar-refractivity contribution is 7.99. The predicted molar refractivity (Wildman–Crippen MR) is 106 cm³/mol. The van der Waals surface area contributed by atoms with Crippen LogP contribution in [0.5, 0.6) is 5.75 Å². The number of sulfonamides is 1. The molecule has 2 aromatic rings. The van der Waals surface area contributed by atoms with Crippen LogP contribution in [0.15, 0.2) is 58.3 Å². The van der Waals surface area contributed by atoms with E-state index in [-0.39, 0.29) is 18.0 Å². The number of halogens is 1. The molecule has 146 valence electrons. The summed E-state index contributed by atoms with van der Waals surface area (Å²) in [5, 5.41) is 0.485. The molecule has 27 heavy (non-hydrogen) atoms. The quantitative estimate of drug-likeness (QED) is 0.354. The van der Waals surface area contributed by atoms with Gasteiger partial charge in [-0.05, 0) is 55.5 Å². The average molecular weight is 430 g/mol. The van der Waals surface area contributed by atoms with E-state index in [1.54, 1.807) is 19.1 Å². The molecule has 0 aromatic heterocycles. The smallest absolute Gasteiger partial charge is 0.344 e. The number of carbonyl (C=O) groups is 1. The Bertz CT molecular complexity index is 839. The number of benzene rings is 2. The Kier molecular flexibility index (Phi) is 8.43. The summed E-state index contributed by atoms with van der Waals surface area (Å²) < 4.78 is 37.0. The van der Waals surface area contributed by atoms with Gasteiger partial charge < -0.3 is 9.47 Å². The molecule has 2 rings (SSSR count). The zero-order valence-corrected chi connectivity index (χ0v) is 17.1. The monoisotopic (exact) mass is 429 g/mol. The van der Waals surface area contributed by atoms with Crippen molar-refractivity contribution >= 4 is 39.4 Å². The van der Waals surface area contributed by atoms with Crippen LogP contribution in [-0.2, 0) is 19.6 Å². The van der Waals surface area contributed by atoms with E-state index in [9.17, 15) is 13.2 Å². The van der Waals surface area contributed by atoms with Gasteiger partial charge in [-0.3, -0.25) is 0 Å². The van der Waals surface area contributed by atoms with Gasteiger partial charge >= 0.3 is 5.97 Å². The Balaban J connectivity index is 1.75. The Hall–Kier alpha value is -1.74. The van der Waals surface area contributed by atoms with Crippen molar-refractivity contribution in [2.75, 3.05) is 25.5 Å². The first-order chi connectivity index (χ1) is 12.9. The summed E-state index contributed by atoms with van der Waals surface area (Å²) in [6.45, 7) is 2.21. The first kappa shape index (κ1) is 21.6. The van der Waals surface area contributed by atoms with Crippen LogP contribution in [0, 0.1) is 0 Å². The van der Waals surface area contributed by atoms with Crippen LogP contribution in [0.1, 0.15) is 6.92 Å². The number of hydrogen-bond donors (Lipinski definition) is 1. The fraction of sp³-hybridized carbons (Fsp3) is 0.278. The van der Waals surface area contributed by atoms with Gasteiger partial charge in [0.05, 0.1) is 11.5 Å². The summed E-state index contributed by atoms with van der Waals surface area (Å²) in [4.78, 5) is 12.4. The number of esters is 1. The lowest BCUT2D eigenvalue weighted by molar-refractivity contribution is -0.145. The Morgan fingerprint density at radius 2 is 1.78 bits per heavy atom. The first-order valence-corrected chi connectivity index (χ1v) is 11.0. The van der Waals surface area contributed by atoms with Crippen molar-refractivity contribution in [3.05, 3.63) is 53.6 Å². The molecule has 1 N–H and O–H groups in total. The van der Waals surface area contributed by atoms with Crippen LogP contribution in [0.2, 0.25) is 5.02 Å². The second-order valence-electron chi connectivity index (χ2n) is 5.27. The summed E-state index contributed by atoms with van der Waals surface area (Å²) in [5.74, 6) is 0.718. The van der Waals surface area contributed by atoms with E-state index >= 15 is 0 Å². The number of nitrogens with one attached hydrogen (secondary N) is 1. The number of hydrogen-bond acceptors (Lipinski definition) is 6. The van der Waals surface area contributed by atoms with Gasteiger partial charge in [0.1, 0.15) is 5.75 Å². The normalized spacial score (nSPS) is 11.2. The van der Waals surface area contributed by atoms with Crippen LogP contribution in [0.25, 0.3) is 0 Å². The highest BCUT2D eigenvalue weighted by atomic mass is 35.5. The molecule has 0 bridgehead atoms. The lowest BCUT2D eigenvalue weighted by Gasteiger charge is -2.08. The number of ether oxygens (including phenoxy) is 2. The molecule has 9 heteroatoms. The molecule has 0 unspecified atom stereocenters. The van der Waals surface area contributed by atoms with Crippen LogP contribution >= 0.6 is 23.4 Å². The van der Waals surface area contributed by atoms with Crippen LogP contribution < -0.4 is 9.46 Å². The molecule has 0 saturated carbocycles. The molecule has 2 aromatic carbocycles. The molecule has 0 radical (unpaired) electrons. The van der Waals surface area contributed by atoms with E-state index in [0.717, 1.165) is 4.90 Å². The number of thioether (sulfide) groups is 1. The second kappa shape index (κ2) is 10.6. The van der Waals surface area contributed by atoms with Crippen molar-refractivity contribution in [2.24, 2.45) is 0 Å². The van der Waals surface area contributed by atoms with Gasteiger partial charge in [0.15, 0.2) is 6.61 Å². The third-order valence-electron chi connectivity index (χ3n) is 3.27. The fourth-order valence-electron chi connectivity index (χ4n) is 2.02. The molecular weight excluding hydrogens is 410 g/mol. The van der Waals surface area contributed by atoms with Gasteiger partial charge in [0.25, 0.3) is 0 Å². The fourth-order valence-corrected chi connectivity index (χ4v) is 4.07. The Morgan fingerprint density at radius 3 is 2.41 bits per heavy atom. The molecule has 0 fully saturated rings. The van der Waals surface area contributed by atoms with Gasteiger partial charge in [-0.25, -0.2) is 17.9 Å². The maximum absolute atomic E-state index is 12.2. The molecule has 0 aliphatic carbocycles. The van der Waals surface area contributed by atoms with Gasteiger partial charge in [-0.2, -0.15) is 0 Å². The van der Waals surface area contributed by atoms with Crippen molar-refractivity contribution in [1.82, 2.24) is 4.72 Å². The van der Waals surface area contributed by atoms with Crippen molar-refractivity contribution < 1.29 is 22.7 Å². The zero-order chi connectivity index (χ0) is 19.7. The minimum absolute atomic E-state index is 0.132. The van der Waals surface area contributed by atoms with Crippen LogP contribution in [0.3, 0.4) is 0 Å². The third-order valence-corrected chi connectivity index (χ3v) is 6.02. The Labute approximate surface area is 168 Å². The molecule has 0 saturated heterocycles. The lowest BCUT2D eigenvalue weighted by Crippen LogP contribution is -2.25. The van der Waals surface area contributed by atoms with E-state index in [2.05, 4.69) is 4.72 Å². The highest BCUT2D eigenvalue weighted by Crippen LogP contribution is 2.21. The van der Waals surface area contributed by atoms with Gasteiger partial charge in [-0.1, -0.05) is 11.6 Å². The summed E-state index contributed by atoms with van der Waals surface area (Å²) in [5.41, 5.74) is 0. The molecule has 0 atom stereocenters. The minimum Gasteiger partial charge on any atom is -0.482 e. The third kappa shape index (κ3) is 7.42. The molecule has 0 aliphatic rings. The standard InChI is InChI=1S/C18H20ClNO5S2/c1-2-24-18(21)13-25-15-5-7-16(8-6-15)26-12-11-20-27(22,23)17-9-3-14(19)4-10-17/h3-10,20H,2,11-13H2,1H3. The second-order valence-corrected chi connectivity index (χ2v) is 8.64. The van der Waals surface area contributed by atoms with Crippen molar-refractivity contribution in [1.29, 1.82) is 0 Å². The zero-order valence-electron chi connectivity index (χ0n) is 14.7. The van der Waals surface area contributed by atoms with Gasteiger partial charge in [-0.15, -0.1) is 11.8 Å². The van der Waals surface area contributed by atoms with E-state index in [1.165, 1.54) is 36.0 Å². The maximum Gasteiger partial charge on any atom is 0.344 e. The largest absolute Gasteiger partial charge is 0.482 e. The average Bonchev–Trinajstić information content (AvgIpc) is 2.65. The molecule has 6 nitrogen and oxygen atoms in total. The summed E-state index contributed by atoms with van der Waals surface area (Å²) >= 11 is 7.27. The molecule has 0 spiro atoms. The molecule has 0 aliphatic heterocycles. The van der Waals surface area contributed by atoms with Crippen molar-refractivity contribution in [2.45, 2.75) is 16.7 Å². The maximum atomic E-state index is 12.2. The summed E-state index contributed by atoms with van der Waals surface area (Å²) in [6.07, 6.45) is 0. The molecule has 0 heterocycles. The van der Waals surface area contributed by atoms with Crippen LogP contribution in [0.4, 0.5) is 0 Å². The lowest BCUT2D eigenvalue weighted by atomic mass is 10.3. The summed E-state index contributed by atoms with van der Waals surface area (Å²) in [6, 6.07) is 13.2. The topological polar surface area (TPSA) is 81.7 Å². The molecular formula is C18H20ClNO5S2. The SMILES string of the molecule is CCOC(=O)COc1ccc(SCCNS(=O)(=O)c2ccc(Cl)cc2)cc1. The van der Waals surface area contributed by atoms with E-state index < -0.39 is 16.0 Å². The Morgan fingerprint density at radius 1 is 1.11 bits per heavy atom. The molecule has 0 amide bonds. The van der Waals surface area contributed by atoms with Gasteiger partial charge in [0.2, 0.25) is 10.0 Å². The van der Waals surface area contributed by atoms with Crippen molar-refractivity contribution in [3.8, 4) is 5.75 Å². The predicted octanol–water partition coefficient (Wildman–Crippen LogP) is 3.35. The van der Waals surface area contributed by atoms with E-state index in [1.807, 2.05) is 12.1 Å². The highest BCUT2D eigenvalue weighted by Gasteiger charge is 2.12. The number of rotatable bonds is 10. The summed E-state index contributed by atoms with van der Waals surface area (Å²) in [7, 11) is -3.54. The van der Waals surface area contributed by atoms with Crippen LogP contribution in [-0.4, -0.2) is 39.9 Å². The number of carbonyl (C=O) groups excluding carboxylic acids is 1. The van der Waals surface area contributed by atoms with Gasteiger partial charge in [0, 0.05) is 22.2 Å². The van der Waals surface area contributed by atoms with E-state index in [4.69, 9.17) is 21.1 Å². The minimum atomic E-state index is -3.54.